The summed E-state index contributed by atoms with van der Waals surface area (Å²) in [4.78, 5) is 27.7. The molecule has 2 saturated carbocycles. The highest BCUT2D eigenvalue weighted by Gasteiger charge is 2.50. The van der Waals surface area contributed by atoms with E-state index in [4.69, 9.17) is 14.2 Å². The number of rotatable bonds is 6. The average Bonchev–Trinajstić information content (AvgIpc) is 3.65. The molecule has 2 aliphatic heterocycles. The maximum atomic E-state index is 11.9. The SMILES string of the molecule is CCOC(=O)[C@H]1C[C@@H]1C(=O)N1CCOCC1.CC[C@H]1C[C@@H]1CN1CCOCC1. The lowest BCUT2D eigenvalue weighted by Crippen LogP contribution is -2.42. The molecule has 4 fully saturated rings. The molecule has 0 aromatic carbocycles. The molecule has 7 nitrogen and oxygen atoms in total. The minimum Gasteiger partial charge on any atom is -0.466 e. The molecule has 0 unspecified atom stereocenters. The van der Waals surface area contributed by atoms with Crippen LogP contribution in [0.4, 0.5) is 0 Å². The van der Waals surface area contributed by atoms with Gasteiger partial charge in [0, 0.05) is 32.7 Å². The Balaban J connectivity index is 0.000000167. The van der Waals surface area contributed by atoms with E-state index in [1.807, 2.05) is 0 Å². The highest BCUT2D eigenvalue weighted by Crippen LogP contribution is 2.41. The van der Waals surface area contributed by atoms with Crippen LogP contribution in [-0.2, 0) is 23.8 Å². The Morgan fingerprint density at radius 3 is 2.11 bits per heavy atom. The first-order valence-electron chi connectivity index (χ1n) is 11.0. The Kier molecular flexibility index (Phi) is 8.11. The molecule has 2 heterocycles. The maximum Gasteiger partial charge on any atom is 0.309 e. The summed E-state index contributed by atoms with van der Waals surface area (Å²) in [6, 6.07) is 0. The standard InChI is InChI=1S/C11H17NO4.C10H19NO/c1-2-16-11(14)9-7-8(9)10(13)12-3-5-15-6-4-12;1-2-9-7-10(9)8-11-3-5-12-6-4-11/h8-9H,2-7H2,1H3;9-10H,2-8H2,1H3/t8-,9-;9-,10+/m00/s1. The molecule has 4 rings (SSSR count). The highest BCUT2D eigenvalue weighted by atomic mass is 16.5. The fourth-order valence-corrected chi connectivity index (χ4v) is 4.15. The lowest BCUT2D eigenvalue weighted by Gasteiger charge is -2.26. The molecule has 1 amide bonds. The Morgan fingerprint density at radius 1 is 0.893 bits per heavy atom. The Morgan fingerprint density at radius 2 is 1.54 bits per heavy atom. The first kappa shape index (κ1) is 21.5. The Hall–Kier alpha value is -1.18. The second-order valence-electron chi connectivity index (χ2n) is 8.22. The van der Waals surface area contributed by atoms with Crippen molar-refractivity contribution >= 4 is 11.9 Å². The van der Waals surface area contributed by atoms with Crippen molar-refractivity contribution in [1.29, 1.82) is 0 Å². The van der Waals surface area contributed by atoms with Gasteiger partial charge in [-0.15, -0.1) is 0 Å². The van der Waals surface area contributed by atoms with Crippen LogP contribution in [0.5, 0.6) is 0 Å². The summed E-state index contributed by atoms with van der Waals surface area (Å²) in [5.74, 6) is 1.59. The topological polar surface area (TPSA) is 68.3 Å². The molecule has 0 bridgehead atoms. The maximum absolute atomic E-state index is 11.9. The van der Waals surface area contributed by atoms with Gasteiger partial charge in [0.2, 0.25) is 5.91 Å². The van der Waals surface area contributed by atoms with Gasteiger partial charge >= 0.3 is 5.97 Å². The van der Waals surface area contributed by atoms with Gasteiger partial charge in [0.25, 0.3) is 0 Å². The third-order valence-electron chi connectivity index (χ3n) is 6.21. The summed E-state index contributed by atoms with van der Waals surface area (Å²) < 4.78 is 15.4. The molecule has 4 aliphatic rings. The van der Waals surface area contributed by atoms with E-state index in [9.17, 15) is 9.59 Å². The van der Waals surface area contributed by atoms with Crippen LogP contribution in [0.15, 0.2) is 0 Å². The van der Waals surface area contributed by atoms with Crippen molar-refractivity contribution < 1.29 is 23.8 Å². The van der Waals surface area contributed by atoms with Crippen molar-refractivity contribution in [1.82, 2.24) is 9.80 Å². The number of ether oxygens (including phenoxy) is 3. The van der Waals surface area contributed by atoms with Crippen molar-refractivity contribution in [2.75, 3.05) is 65.8 Å². The Labute approximate surface area is 168 Å². The minimum absolute atomic E-state index is 0.0846. The molecule has 160 valence electrons. The van der Waals surface area contributed by atoms with Crippen molar-refractivity contribution in [3.8, 4) is 0 Å². The van der Waals surface area contributed by atoms with E-state index in [1.54, 1.807) is 11.8 Å². The van der Waals surface area contributed by atoms with E-state index in [-0.39, 0.29) is 23.7 Å². The van der Waals surface area contributed by atoms with Crippen molar-refractivity contribution in [3.63, 3.8) is 0 Å². The molecular weight excluding hydrogens is 360 g/mol. The van der Waals surface area contributed by atoms with Gasteiger partial charge < -0.3 is 19.1 Å². The fraction of sp³-hybridized carbons (Fsp3) is 0.905. The number of esters is 1. The number of hydrogen-bond donors (Lipinski definition) is 0. The quantitative estimate of drug-likeness (QED) is 0.633. The van der Waals surface area contributed by atoms with Crippen LogP contribution in [0, 0.1) is 23.7 Å². The summed E-state index contributed by atoms with van der Waals surface area (Å²) in [6.07, 6.45) is 3.51. The van der Waals surface area contributed by atoms with Crippen LogP contribution in [0.3, 0.4) is 0 Å². The van der Waals surface area contributed by atoms with E-state index in [1.165, 1.54) is 19.4 Å². The van der Waals surface area contributed by atoms with Crippen LogP contribution >= 0.6 is 0 Å². The van der Waals surface area contributed by atoms with Gasteiger partial charge in [-0.05, 0) is 31.6 Å². The largest absolute Gasteiger partial charge is 0.466 e. The van der Waals surface area contributed by atoms with Crippen LogP contribution in [-0.4, -0.2) is 87.4 Å². The lowest BCUT2D eigenvalue weighted by atomic mass is 10.2. The molecule has 0 radical (unpaired) electrons. The minimum atomic E-state index is -0.228. The third kappa shape index (κ3) is 6.16. The van der Waals surface area contributed by atoms with Gasteiger partial charge in [0.15, 0.2) is 0 Å². The number of nitrogens with zero attached hydrogens (tertiary/aromatic N) is 2. The van der Waals surface area contributed by atoms with Gasteiger partial charge in [0.1, 0.15) is 0 Å². The molecule has 0 spiro atoms. The van der Waals surface area contributed by atoms with E-state index in [0.717, 1.165) is 38.1 Å². The van der Waals surface area contributed by atoms with Crippen LogP contribution in [0.2, 0.25) is 0 Å². The smallest absolute Gasteiger partial charge is 0.309 e. The second kappa shape index (κ2) is 10.6. The number of morpholine rings is 2. The van der Waals surface area contributed by atoms with Gasteiger partial charge in [-0.2, -0.15) is 0 Å². The van der Waals surface area contributed by atoms with E-state index in [0.29, 0.717) is 39.3 Å². The van der Waals surface area contributed by atoms with Crippen molar-refractivity contribution in [2.45, 2.75) is 33.1 Å². The molecule has 0 aromatic rings. The monoisotopic (exact) mass is 396 g/mol. The van der Waals surface area contributed by atoms with E-state index < -0.39 is 0 Å². The summed E-state index contributed by atoms with van der Waals surface area (Å²) in [6.45, 7) is 12.5. The molecule has 2 saturated heterocycles. The Bertz CT molecular complexity index is 517. The van der Waals surface area contributed by atoms with Gasteiger partial charge in [0.05, 0.1) is 44.9 Å². The lowest BCUT2D eigenvalue weighted by molar-refractivity contribution is -0.147. The molecule has 0 aromatic heterocycles. The summed E-state index contributed by atoms with van der Waals surface area (Å²) in [5.41, 5.74) is 0. The third-order valence-corrected chi connectivity index (χ3v) is 6.21. The zero-order chi connectivity index (χ0) is 19.9. The second-order valence-corrected chi connectivity index (χ2v) is 8.22. The summed E-state index contributed by atoms with van der Waals surface area (Å²) >= 11 is 0. The number of amides is 1. The van der Waals surface area contributed by atoms with Crippen molar-refractivity contribution in [3.05, 3.63) is 0 Å². The first-order valence-corrected chi connectivity index (χ1v) is 11.0. The molecule has 4 atom stereocenters. The molecule has 28 heavy (non-hydrogen) atoms. The van der Waals surface area contributed by atoms with E-state index in [2.05, 4.69) is 11.8 Å². The first-order chi connectivity index (χ1) is 13.6. The number of carbonyl (C=O) groups excluding carboxylic acids is 2. The highest BCUT2D eigenvalue weighted by molar-refractivity contribution is 5.90. The molecular formula is C21H36N2O5. The fourth-order valence-electron chi connectivity index (χ4n) is 4.15. The van der Waals surface area contributed by atoms with Crippen LogP contribution in [0.1, 0.15) is 33.1 Å². The summed E-state index contributed by atoms with van der Waals surface area (Å²) in [7, 11) is 0. The number of carbonyl (C=O) groups is 2. The average molecular weight is 397 g/mol. The molecule has 7 heteroatoms. The number of hydrogen-bond acceptors (Lipinski definition) is 6. The zero-order valence-corrected chi connectivity index (χ0v) is 17.4. The van der Waals surface area contributed by atoms with Crippen LogP contribution in [0.25, 0.3) is 0 Å². The predicted molar refractivity (Wildman–Crippen MR) is 105 cm³/mol. The van der Waals surface area contributed by atoms with E-state index >= 15 is 0 Å². The van der Waals surface area contributed by atoms with Gasteiger partial charge in [-0.25, -0.2) is 0 Å². The van der Waals surface area contributed by atoms with Gasteiger partial charge in [-0.1, -0.05) is 13.3 Å². The zero-order valence-electron chi connectivity index (χ0n) is 17.4. The van der Waals surface area contributed by atoms with Gasteiger partial charge in [-0.3, -0.25) is 14.5 Å². The predicted octanol–water partition coefficient (Wildman–Crippen LogP) is 1.41. The van der Waals surface area contributed by atoms with Crippen molar-refractivity contribution in [2.24, 2.45) is 23.7 Å². The molecule has 2 aliphatic carbocycles. The summed E-state index contributed by atoms with van der Waals surface area (Å²) in [5, 5.41) is 0. The normalized spacial score (nSPS) is 32.1. The molecule has 0 N–H and O–H groups in total. The van der Waals surface area contributed by atoms with Crippen LogP contribution < -0.4 is 0 Å².